The molecule has 17 heavy (non-hydrogen) atoms. The Hall–Kier alpha value is 0.140. The van der Waals surface area contributed by atoms with Crippen LogP contribution in [0.5, 0.6) is 0 Å². The van der Waals surface area contributed by atoms with Crippen molar-refractivity contribution in [1.82, 2.24) is 5.32 Å². The number of thioether (sulfide) groups is 1. The minimum atomic E-state index is -0.116. The van der Waals surface area contributed by atoms with Crippen molar-refractivity contribution in [3.05, 3.63) is 12.3 Å². The Morgan fingerprint density at radius 3 is 3.35 bits per heavy atom. The molecule has 1 heterocycles. The molecule has 1 N–H and O–H groups in total. The second-order valence-corrected chi connectivity index (χ2v) is 7.23. The molecule has 0 aromatic heterocycles. The van der Waals surface area contributed by atoms with Crippen molar-refractivity contribution < 1.29 is 24.7 Å². The van der Waals surface area contributed by atoms with Crippen LogP contribution in [0.1, 0.15) is 19.8 Å². The summed E-state index contributed by atoms with van der Waals surface area (Å²) in [6, 6.07) is 0. The zero-order chi connectivity index (χ0) is 12.2. The van der Waals surface area contributed by atoms with Gasteiger partial charge in [-0.1, -0.05) is 0 Å². The van der Waals surface area contributed by atoms with E-state index in [-0.39, 0.29) is 21.6 Å². The number of unbranched alkanes of at least 4 members (excludes halogenated alkanes) is 1. The van der Waals surface area contributed by atoms with Gasteiger partial charge in [0.1, 0.15) is 0 Å². The van der Waals surface area contributed by atoms with Crippen LogP contribution in [-0.4, -0.2) is 29.1 Å². The summed E-state index contributed by atoms with van der Waals surface area (Å²) < 4.78 is 6.89. The number of halogens is 1. The summed E-state index contributed by atoms with van der Waals surface area (Å²) in [6.07, 6.45) is 6.31. The van der Waals surface area contributed by atoms with Gasteiger partial charge in [0.05, 0.1) is 0 Å². The second kappa shape index (κ2) is 11.2. The molecule has 1 atom stereocenters. The molecule has 0 aromatic carbocycles. The predicted octanol–water partition coefficient (Wildman–Crippen LogP) is -0.723. The van der Waals surface area contributed by atoms with Crippen molar-refractivity contribution in [1.29, 1.82) is 0 Å². The molecule has 0 amide bonds. The van der Waals surface area contributed by atoms with E-state index in [0.29, 0.717) is 5.92 Å². The molecule has 98 valence electrons. The summed E-state index contributed by atoms with van der Waals surface area (Å²) in [5, 5.41) is 3.23. The fourth-order valence-corrected chi connectivity index (χ4v) is 3.84. The molecule has 1 aliphatic rings. The summed E-state index contributed by atoms with van der Waals surface area (Å²) in [7, 11) is 0. The Kier molecular flexibility index (Phi) is 10.1. The number of rotatable bonds is 9. The van der Waals surface area contributed by atoms with E-state index in [2.05, 4.69) is 24.1 Å². The Bertz CT molecular complexity index is 272. The number of alkyl halides is 1. The van der Waals surface area contributed by atoms with Crippen LogP contribution in [0, 0.1) is 17.8 Å². The molecule has 0 bridgehead atoms. The van der Waals surface area contributed by atoms with Crippen LogP contribution in [0.4, 0.5) is 0 Å². The van der Waals surface area contributed by atoms with E-state index in [1.807, 2.05) is 24.0 Å². The quantitative estimate of drug-likeness (QED) is 0.252. The molecule has 0 saturated heterocycles. The second-order valence-electron chi connectivity index (χ2n) is 3.71. The van der Waals surface area contributed by atoms with Gasteiger partial charge in [-0.15, -0.1) is 0 Å². The molecule has 0 radical (unpaired) electrons. The van der Waals surface area contributed by atoms with Gasteiger partial charge in [-0.2, -0.15) is 0 Å². The number of allylic oxidation sites excluding steroid dienone is 1. The molecule has 0 spiro atoms. The fourth-order valence-electron chi connectivity index (χ4n) is 1.30. The van der Waals surface area contributed by atoms with Crippen molar-refractivity contribution in [2.75, 3.05) is 29.1 Å². The summed E-state index contributed by atoms with van der Waals surface area (Å²) in [5.74, 6) is 9.28. The molecule has 0 saturated carbocycles. The van der Waals surface area contributed by atoms with Gasteiger partial charge in [-0.05, 0) is 0 Å². The zero-order valence-electron chi connectivity index (χ0n) is 10.4. The first-order chi connectivity index (χ1) is 8.43. The maximum absolute atomic E-state index is 5.74. The van der Waals surface area contributed by atoms with Gasteiger partial charge in [0, 0.05) is 0 Å². The van der Waals surface area contributed by atoms with Crippen LogP contribution < -0.4 is 26.9 Å². The Morgan fingerprint density at radius 1 is 1.53 bits per heavy atom. The van der Waals surface area contributed by atoms with E-state index in [9.17, 15) is 0 Å². The van der Waals surface area contributed by atoms with Crippen LogP contribution in [-0.2, 0) is 3.07 Å². The molecule has 0 aromatic rings. The van der Waals surface area contributed by atoms with Crippen molar-refractivity contribution in [2.45, 2.75) is 19.8 Å². The minimum absolute atomic E-state index is 0.116. The molecule has 0 aliphatic carbocycles. The number of hydrogen-bond acceptors (Lipinski definition) is 3. The first-order valence-electron chi connectivity index (χ1n) is 6.11. The summed E-state index contributed by atoms with van der Waals surface area (Å²) in [5.41, 5.74) is 0. The molecule has 4 heteroatoms. The topological polar surface area (TPSA) is 21.3 Å². The molecule has 1 unspecified atom stereocenters. The van der Waals surface area contributed by atoms with Crippen molar-refractivity contribution in [3.8, 4) is 11.8 Å². The van der Waals surface area contributed by atoms with Gasteiger partial charge in [0.2, 0.25) is 0 Å². The van der Waals surface area contributed by atoms with E-state index in [0.717, 1.165) is 17.6 Å². The molecule has 1 rings (SSSR count). The van der Waals surface area contributed by atoms with Crippen LogP contribution in [0.3, 0.4) is 0 Å². The van der Waals surface area contributed by atoms with E-state index in [1.165, 1.54) is 24.3 Å². The Labute approximate surface area is 120 Å². The van der Waals surface area contributed by atoms with Gasteiger partial charge >= 0.3 is 121 Å². The van der Waals surface area contributed by atoms with E-state index < -0.39 is 0 Å². The molecule has 2 nitrogen and oxygen atoms in total. The zero-order valence-corrected chi connectivity index (χ0v) is 13.4. The first-order valence-corrected chi connectivity index (χ1v) is 9.68. The molecular formula is C13H21INOS-. The first kappa shape index (κ1) is 15.2. The number of hydrogen-bond donors (Lipinski definition) is 1. The summed E-state index contributed by atoms with van der Waals surface area (Å²) >= 11 is 1.90. The van der Waals surface area contributed by atoms with Gasteiger partial charge in [0.15, 0.2) is 0 Å². The average molecular weight is 366 g/mol. The molecule has 1 aliphatic heterocycles. The van der Waals surface area contributed by atoms with Gasteiger partial charge in [0.25, 0.3) is 0 Å². The maximum atomic E-state index is 5.74. The summed E-state index contributed by atoms with van der Waals surface area (Å²) in [6.45, 7) is 4.13. The Morgan fingerprint density at radius 2 is 2.47 bits per heavy atom. The van der Waals surface area contributed by atoms with Crippen molar-refractivity contribution in [2.24, 2.45) is 5.92 Å². The van der Waals surface area contributed by atoms with E-state index >= 15 is 0 Å². The third kappa shape index (κ3) is 8.81. The van der Waals surface area contributed by atoms with Crippen molar-refractivity contribution in [3.63, 3.8) is 0 Å². The van der Waals surface area contributed by atoms with E-state index in [4.69, 9.17) is 3.07 Å². The van der Waals surface area contributed by atoms with E-state index in [1.54, 1.807) is 0 Å². The third-order valence-electron chi connectivity index (χ3n) is 2.23. The van der Waals surface area contributed by atoms with Gasteiger partial charge < -0.3 is 0 Å². The van der Waals surface area contributed by atoms with Crippen LogP contribution >= 0.6 is 11.8 Å². The predicted molar refractivity (Wildman–Crippen MR) is 71.5 cm³/mol. The van der Waals surface area contributed by atoms with Gasteiger partial charge in [-0.25, -0.2) is 0 Å². The standard InChI is InChI=1S/C13H21INOS/c1-2-17-10-6-5-9-16-14-11-13-7-3-4-8-15-12-13/h4,8,13,15H,2,5-6,9-12H2,1H3/q-1. The monoisotopic (exact) mass is 366 g/mol. The SMILES string of the molecule is CCSCCCCO[I-]CC1C#CC=CNC1. The average Bonchev–Trinajstić information content (AvgIpc) is 2.61. The van der Waals surface area contributed by atoms with Gasteiger partial charge in [-0.3, -0.25) is 0 Å². The summed E-state index contributed by atoms with van der Waals surface area (Å²) in [4.78, 5) is 0. The van der Waals surface area contributed by atoms with Crippen LogP contribution in [0.15, 0.2) is 12.3 Å². The number of nitrogens with one attached hydrogen (secondary N) is 1. The van der Waals surface area contributed by atoms with Crippen LogP contribution in [0.25, 0.3) is 0 Å². The van der Waals surface area contributed by atoms with Crippen molar-refractivity contribution >= 4 is 11.8 Å². The molecule has 0 fully saturated rings. The Balaban J connectivity index is 1.88. The molecular weight excluding hydrogens is 345 g/mol. The normalized spacial score (nSPS) is 18.3. The third-order valence-corrected chi connectivity index (χ3v) is 5.52. The fraction of sp³-hybridized carbons (Fsp3) is 0.692. The van der Waals surface area contributed by atoms with Crippen LogP contribution in [0.2, 0.25) is 0 Å².